The number of anilines is 1. The summed E-state index contributed by atoms with van der Waals surface area (Å²) in [5.41, 5.74) is 3.09. The molecule has 0 saturated carbocycles. The number of amides is 1. The first-order chi connectivity index (χ1) is 16.4. The Morgan fingerprint density at radius 2 is 1.49 bits per heavy atom. The molecule has 4 rings (SSSR count). The molecule has 3 aromatic carbocycles. The van der Waals surface area contributed by atoms with Gasteiger partial charge in [0, 0.05) is 18.0 Å². The Kier molecular flexibility index (Phi) is 8.70. The number of halogens is 2. The number of carboxylic acid groups (broad SMARTS) is 1. The van der Waals surface area contributed by atoms with Crippen LogP contribution in [0.4, 0.5) is 14.5 Å². The van der Waals surface area contributed by atoms with Crippen LogP contribution in [0.1, 0.15) is 20.7 Å². The minimum absolute atomic E-state index is 0. The van der Waals surface area contributed by atoms with Gasteiger partial charge in [-0.25, -0.2) is 4.79 Å². The number of nitrogens with zero attached hydrogens (tertiary/aromatic N) is 1. The molecule has 0 bridgehead atoms. The second kappa shape index (κ2) is 11.7. The Hall–Kier alpha value is -3.59. The first-order valence-corrected chi connectivity index (χ1v) is 10.1. The van der Waals surface area contributed by atoms with Gasteiger partial charge in [0.15, 0.2) is 0 Å². The molecular weight excluding hydrogens is 465 g/mol. The number of hydrogen-bond acceptors (Lipinski definition) is 4. The fourth-order valence-electron chi connectivity index (χ4n) is 3.39. The number of aromatic nitrogens is 1. The van der Waals surface area contributed by atoms with E-state index in [2.05, 4.69) is 15.0 Å². The fourth-order valence-corrected chi connectivity index (χ4v) is 3.39. The maximum absolute atomic E-state index is 12.9. The number of ether oxygens (including phenoxy) is 1. The number of nitrogens with one attached hydrogen (secondary N) is 1. The van der Waals surface area contributed by atoms with Crippen molar-refractivity contribution in [3.63, 3.8) is 0 Å². The van der Waals surface area contributed by atoms with Gasteiger partial charge in [0.05, 0.1) is 16.8 Å². The van der Waals surface area contributed by atoms with Gasteiger partial charge in [-0.15, -0.1) is 0 Å². The summed E-state index contributed by atoms with van der Waals surface area (Å²) < 4.78 is 29.1. The zero-order valence-corrected chi connectivity index (χ0v) is 17.6. The minimum atomic E-state index is -2.93. The van der Waals surface area contributed by atoms with E-state index in [1.54, 1.807) is 30.5 Å². The van der Waals surface area contributed by atoms with Gasteiger partial charge < -0.3 is 15.2 Å². The van der Waals surface area contributed by atoms with Gasteiger partial charge >= 0.3 is 42.1 Å². The molecule has 0 saturated heterocycles. The van der Waals surface area contributed by atoms with Gasteiger partial charge in [-0.2, -0.15) is 8.78 Å². The molecule has 6 nitrogen and oxygen atoms in total. The Bertz CT molecular complexity index is 1330. The quantitative estimate of drug-likeness (QED) is 0.347. The van der Waals surface area contributed by atoms with Crippen molar-refractivity contribution >= 4 is 47.1 Å². The Morgan fingerprint density at radius 3 is 2.14 bits per heavy atom. The third kappa shape index (κ3) is 6.51. The first-order valence-electron chi connectivity index (χ1n) is 10.1. The molecule has 4 aromatic rings. The van der Waals surface area contributed by atoms with Crippen molar-refractivity contribution in [1.82, 2.24) is 4.98 Å². The number of benzene rings is 3. The summed E-state index contributed by atoms with van der Waals surface area (Å²) in [6, 6.07) is 21.4. The van der Waals surface area contributed by atoms with Crippen molar-refractivity contribution in [3.8, 4) is 28.0 Å². The molecule has 1 amide bonds. The van der Waals surface area contributed by atoms with Crippen LogP contribution < -0.4 is 10.1 Å². The predicted molar refractivity (Wildman–Crippen MR) is 130 cm³/mol. The van der Waals surface area contributed by atoms with Crippen molar-refractivity contribution in [1.29, 1.82) is 0 Å². The molecule has 0 radical (unpaired) electrons. The van der Waals surface area contributed by atoms with E-state index >= 15 is 0 Å². The van der Waals surface area contributed by atoms with Crippen LogP contribution in [-0.2, 0) is 0 Å². The Morgan fingerprint density at radius 1 is 0.829 bits per heavy atom. The van der Waals surface area contributed by atoms with Crippen molar-refractivity contribution in [2.24, 2.45) is 0 Å². The van der Waals surface area contributed by atoms with E-state index in [4.69, 9.17) is 0 Å². The number of pyridine rings is 1. The van der Waals surface area contributed by atoms with E-state index in [1.807, 2.05) is 30.3 Å². The maximum atomic E-state index is 12.9. The molecule has 0 unspecified atom stereocenters. The van der Waals surface area contributed by atoms with Crippen LogP contribution in [-0.4, -0.2) is 58.1 Å². The molecule has 0 spiro atoms. The molecule has 0 fully saturated rings. The summed E-state index contributed by atoms with van der Waals surface area (Å²) in [5, 5.41) is 12.2. The molecule has 0 aliphatic rings. The van der Waals surface area contributed by atoms with Crippen LogP contribution >= 0.6 is 0 Å². The van der Waals surface area contributed by atoms with Gasteiger partial charge in [-0.05, 0) is 47.0 Å². The SMILES string of the molecule is O=C(Nc1cc(-c2ccc(OC(F)F)cc2)ccc1C(=O)O)c1cncc(-c2ccccc2)c1.[NaH]. The number of alkyl halides is 2. The Labute approximate surface area is 221 Å². The van der Waals surface area contributed by atoms with Crippen molar-refractivity contribution in [3.05, 3.63) is 102 Å². The average molecular weight is 484 g/mol. The van der Waals surface area contributed by atoms with Crippen LogP contribution in [0.5, 0.6) is 5.75 Å². The predicted octanol–water partition coefficient (Wildman–Crippen LogP) is 5.32. The average Bonchev–Trinajstić information content (AvgIpc) is 2.84. The number of carbonyl (C=O) groups is 2. The van der Waals surface area contributed by atoms with Crippen LogP contribution in [0.2, 0.25) is 0 Å². The van der Waals surface area contributed by atoms with Gasteiger partial charge in [0.25, 0.3) is 5.91 Å². The second-order valence-corrected chi connectivity index (χ2v) is 7.25. The molecule has 9 heteroatoms. The van der Waals surface area contributed by atoms with Crippen LogP contribution in [0.3, 0.4) is 0 Å². The number of rotatable bonds is 7. The third-order valence-electron chi connectivity index (χ3n) is 5.02. The van der Waals surface area contributed by atoms with E-state index in [9.17, 15) is 23.5 Å². The van der Waals surface area contributed by atoms with Gasteiger partial charge in [0.1, 0.15) is 5.75 Å². The summed E-state index contributed by atoms with van der Waals surface area (Å²) in [5.74, 6) is -1.73. The van der Waals surface area contributed by atoms with Crippen LogP contribution in [0, 0.1) is 0 Å². The Balaban J connectivity index is 0.00000342. The topological polar surface area (TPSA) is 88.5 Å². The monoisotopic (exact) mass is 484 g/mol. The number of carbonyl (C=O) groups excluding carboxylic acids is 1. The second-order valence-electron chi connectivity index (χ2n) is 7.25. The molecule has 1 heterocycles. The first kappa shape index (κ1) is 26.0. The standard InChI is InChI=1S/C26H18F2N2O4.Na.H/c27-26(28)34-21-9-6-17(7-10-21)18-8-11-22(25(32)33)23(13-18)30-24(31)20-12-19(14-29-15-20)16-4-2-1-3-5-16;;/h1-15,26H,(H,30,31)(H,32,33);;. The van der Waals surface area contributed by atoms with Gasteiger partial charge in [0.2, 0.25) is 0 Å². The third-order valence-corrected chi connectivity index (χ3v) is 5.02. The van der Waals surface area contributed by atoms with E-state index in [-0.39, 0.29) is 52.1 Å². The summed E-state index contributed by atoms with van der Waals surface area (Å²) >= 11 is 0. The van der Waals surface area contributed by atoms with Crippen LogP contribution in [0.15, 0.2) is 91.3 Å². The van der Waals surface area contributed by atoms with Crippen molar-refractivity contribution in [2.75, 3.05) is 5.32 Å². The molecule has 172 valence electrons. The summed E-state index contributed by atoms with van der Waals surface area (Å²) in [7, 11) is 0. The van der Waals surface area contributed by atoms with E-state index < -0.39 is 18.5 Å². The summed E-state index contributed by atoms with van der Waals surface area (Å²) in [6.45, 7) is -2.93. The van der Waals surface area contributed by atoms with Gasteiger partial charge in [-0.1, -0.05) is 48.5 Å². The zero-order chi connectivity index (χ0) is 24.1. The molecule has 0 aliphatic carbocycles. The summed E-state index contributed by atoms with van der Waals surface area (Å²) in [6.07, 6.45) is 3.03. The van der Waals surface area contributed by atoms with E-state index in [0.29, 0.717) is 11.1 Å². The number of aromatic carboxylic acids is 1. The van der Waals surface area contributed by atoms with Gasteiger partial charge in [-0.3, -0.25) is 9.78 Å². The van der Waals surface area contributed by atoms with Crippen molar-refractivity contribution < 1.29 is 28.2 Å². The van der Waals surface area contributed by atoms with Crippen LogP contribution in [0.25, 0.3) is 22.3 Å². The normalized spacial score (nSPS) is 10.4. The molecule has 35 heavy (non-hydrogen) atoms. The number of hydrogen-bond donors (Lipinski definition) is 2. The molecular formula is C26H19F2N2NaO4. The van der Waals surface area contributed by atoms with E-state index in [0.717, 1.165) is 11.1 Å². The number of carboxylic acids is 1. The zero-order valence-electron chi connectivity index (χ0n) is 17.6. The van der Waals surface area contributed by atoms with Crippen molar-refractivity contribution in [2.45, 2.75) is 6.61 Å². The van der Waals surface area contributed by atoms with E-state index in [1.165, 1.54) is 30.5 Å². The fraction of sp³-hybridized carbons (Fsp3) is 0.0385. The molecule has 0 aliphatic heterocycles. The molecule has 0 atom stereocenters. The summed E-state index contributed by atoms with van der Waals surface area (Å²) in [4.78, 5) is 28.8. The molecule has 1 aromatic heterocycles. The molecule has 2 N–H and O–H groups in total.